The molecule has 0 fully saturated rings. The van der Waals surface area contributed by atoms with Gasteiger partial charge in [0.15, 0.2) is 0 Å². The molecule has 1 aromatic carbocycles. The highest BCUT2D eigenvalue weighted by Gasteiger charge is 2.12. The summed E-state index contributed by atoms with van der Waals surface area (Å²) >= 11 is 5.67. The molecular weight excluding hydrogens is 257 g/mol. The van der Waals surface area contributed by atoms with Gasteiger partial charge in [-0.25, -0.2) is 4.39 Å². The molecule has 0 radical (unpaired) electrons. The van der Waals surface area contributed by atoms with Crippen LogP contribution in [-0.2, 0) is 9.53 Å². The summed E-state index contributed by atoms with van der Waals surface area (Å²) in [4.78, 5) is 13.3. The van der Waals surface area contributed by atoms with Gasteiger partial charge in [-0.1, -0.05) is 11.6 Å². The Bertz CT molecular complexity index is 423. The zero-order valence-corrected chi connectivity index (χ0v) is 11.5. The van der Waals surface area contributed by atoms with Crippen LogP contribution in [0.4, 0.5) is 10.1 Å². The van der Waals surface area contributed by atoms with E-state index >= 15 is 0 Å². The van der Waals surface area contributed by atoms with E-state index in [9.17, 15) is 9.18 Å². The summed E-state index contributed by atoms with van der Waals surface area (Å²) in [6.07, 6.45) is 0.382. The fourth-order valence-corrected chi connectivity index (χ4v) is 1.56. The number of benzene rings is 1. The van der Waals surface area contributed by atoms with Crippen molar-refractivity contribution in [3.63, 3.8) is 0 Å². The van der Waals surface area contributed by atoms with Crippen LogP contribution < -0.4 is 4.90 Å². The normalized spacial score (nSPS) is 10.8. The van der Waals surface area contributed by atoms with Gasteiger partial charge in [0.25, 0.3) is 0 Å². The van der Waals surface area contributed by atoms with Gasteiger partial charge >= 0.3 is 0 Å². The summed E-state index contributed by atoms with van der Waals surface area (Å²) in [6.45, 7) is 4.19. The molecule has 1 rings (SSSR count). The highest BCUT2D eigenvalue weighted by Crippen LogP contribution is 2.22. The summed E-state index contributed by atoms with van der Waals surface area (Å²) in [6, 6.07) is 4.19. The topological polar surface area (TPSA) is 29.5 Å². The van der Waals surface area contributed by atoms with E-state index in [1.165, 1.54) is 23.1 Å². The third-order valence-corrected chi connectivity index (χ3v) is 2.72. The molecule has 0 N–H and O–H groups in total. The molecule has 0 aliphatic heterocycles. The lowest BCUT2D eigenvalue weighted by atomic mass is 10.2. The van der Waals surface area contributed by atoms with Gasteiger partial charge in [0.1, 0.15) is 5.82 Å². The van der Waals surface area contributed by atoms with E-state index in [4.69, 9.17) is 16.3 Å². The van der Waals surface area contributed by atoms with Crippen LogP contribution in [-0.4, -0.2) is 25.7 Å². The Morgan fingerprint density at radius 3 is 2.72 bits per heavy atom. The van der Waals surface area contributed by atoms with Crippen LogP contribution in [0.25, 0.3) is 0 Å². The summed E-state index contributed by atoms with van der Waals surface area (Å²) in [5, 5.41) is 0.00517. The van der Waals surface area contributed by atoms with Gasteiger partial charge in [-0.15, -0.1) is 0 Å². The molecule has 0 heterocycles. The Kier molecular flexibility index (Phi) is 5.56. The maximum atomic E-state index is 13.0. The molecule has 3 nitrogen and oxygen atoms in total. The zero-order valence-electron chi connectivity index (χ0n) is 10.7. The summed E-state index contributed by atoms with van der Waals surface area (Å²) in [5.41, 5.74) is 0.566. The smallest absolute Gasteiger partial charge is 0.229 e. The van der Waals surface area contributed by atoms with Gasteiger partial charge in [0.05, 0.1) is 24.2 Å². The van der Waals surface area contributed by atoms with Gasteiger partial charge < -0.3 is 9.64 Å². The van der Waals surface area contributed by atoms with Crippen molar-refractivity contribution in [1.29, 1.82) is 0 Å². The molecule has 0 aliphatic rings. The van der Waals surface area contributed by atoms with Crippen molar-refractivity contribution < 1.29 is 13.9 Å². The number of halogens is 2. The van der Waals surface area contributed by atoms with Crippen molar-refractivity contribution >= 4 is 23.2 Å². The predicted octanol–water partition coefficient (Wildman–Crippen LogP) is 3.26. The second-order valence-corrected chi connectivity index (χ2v) is 4.63. The van der Waals surface area contributed by atoms with Crippen molar-refractivity contribution in [2.45, 2.75) is 26.4 Å². The van der Waals surface area contributed by atoms with E-state index in [-0.39, 0.29) is 23.5 Å². The minimum atomic E-state index is -0.496. The van der Waals surface area contributed by atoms with Gasteiger partial charge in [0.2, 0.25) is 5.91 Å². The third kappa shape index (κ3) is 4.27. The molecule has 0 aromatic heterocycles. The summed E-state index contributed by atoms with van der Waals surface area (Å²) in [7, 11) is 1.63. The number of carbonyl (C=O) groups is 1. The van der Waals surface area contributed by atoms with E-state index in [1.807, 2.05) is 13.8 Å². The molecule has 1 aromatic rings. The Morgan fingerprint density at radius 1 is 1.50 bits per heavy atom. The number of nitrogens with zero attached hydrogens (tertiary/aromatic N) is 1. The third-order valence-electron chi connectivity index (χ3n) is 2.43. The maximum Gasteiger partial charge on any atom is 0.229 e. The molecule has 100 valence electrons. The quantitative estimate of drug-likeness (QED) is 0.824. The number of hydrogen-bond donors (Lipinski definition) is 0. The lowest BCUT2D eigenvalue weighted by Gasteiger charge is -2.18. The van der Waals surface area contributed by atoms with Gasteiger partial charge in [-0.05, 0) is 32.0 Å². The standard InChI is InChI=1S/C13H17ClFNO2/c1-9(2)18-7-6-13(17)16(3)10-4-5-12(15)11(14)8-10/h4-5,8-9H,6-7H2,1-3H3. The van der Waals surface area contributed by atoms with Gasteiger partial charge in [-0.2, -0.15) is 0 Å². The lowest BCUT2D eigenvalue weighted by Crippen LogP contribution is -2.27. The number of amides is 1. The second-order valence-electron chi connectivity index (χ2n) is 4.22. The Labute approximate surface area is 111 Å². The first-order valence-corrected chi connectivity index (χ1v) is 6.13. The van der Waals surface area contributed by atoms with Crippen molar-refractivity contribution in [3.05, 3.63) is 29.0 Å². The monoisotopic (exact) mass is 273 g/mol. The van der Waals surface area contributed by atoms with E-state index < -0.39 is 5.82 Å². The maximum absolute atomic E-state index is 13.0. The Hall–Kier alpha value is -1.13. The predicted molar refractivity (Wildman–Crippen MR) is 70.5 cm³/mol. The SMILES string of the molecule is CC(C)OCCC(=O)N(C)c1ccc(F)c(Cl)c1. The molecule has 0 bridgehead atoms. The number of carbonyl (C=O) groups excluding carboxylic acids is 1. The first-order chi connectivity index (χ1) is 8.41. The van der Waals surface area contributed by atoms with Gasteiger partial charge in [-0.3, -0.25) is 4.79 Å². The Morgan fingerprint density at radius 2 is 2.17 bits per heavy atom. The average molecular weight is 274 g/mol. The minimum absolute atomic E-state index is 0.00517. The lowest BCUT2D eigenvalue weighted by molar-refractivity contribution is -0.119. The van der Waals surface area contributed by atoms with Crippen molar-refractivity contribution in [2.24, 2.45) is 0 Å². The van der Waals surface area contributed by atoms with E-state index in [1.54, 1.807) is 7.05 Å². The summed E-state index contributed by atoms with van der Waals surface area (Å²) in [5.74, 6) is -0.595. The zero-order chi connectivity index (χ0) is 13.7. The molecule has 5 heteroatoms. The molecule has 18 heavy (non-hydrogen) atoms. The molecule has 0 saturated carbocycles. The van der Waals surface area contributed by atoms with Gasteiger partial charge in [0, 0.05) is 12.7 Å². The van der Waals surface area contributed by atoms with Crippen molar-refractivity contribution in [2.75, 3.05) is 18.6 Å². The molecule has 0 aliphatic carbocycles. The molecule has 0 unspecified atom stereocenters. The van der Waals surface area contributed by atoms with Crippen LogP contribution in [0.3, 0.4) is 0 Å². The summed E-state index contributed by atoms with van der Waals surface area (Å²) < 4.78 is 18.3. The van der Waals surface area contributed by atoms with E-state index in [0.717, 1.165) is 0 Å². The highest BCUT2D eigenvalue weighted by atomic mass is 35.5. The first-order valence-electron chi connectivity index (χ1n) is 5.75. The van der Waals surface area contributed by atoms with Crippen molar-refractivity contribution in [1.82, 2.24) is 0 Å². The van der Waals surface area contributed by atoms with Crippen LogP contribution in [0.1, 0.15) is 20.3 Å². The van der Waals surface area contributed by atoms with Crippen LogP contribution >= 0.6 is 11.6 Å². The van der Waals surface area contributed by atoms with Crippen LogP contribution in [0.2, 0.25) is 5.02 Å². The number of hydrogen-bond acceptors (Lipinski definition) is 2. The van der Waals surface area contributed by atoms with Crippen LogP contribution in [0, 0.1) is 5.82 Å². The molecule has 0 atom stereocenters. The second kappa shape index (κ2) is 6.71. The largest absolute Gasteiger partial charge is 0.378 e. The number of anilines is 1. The Balaban J connectivity index is 2.60. The fraction of sp³-hybridized carbons (Fsp3) is 0.462. The molecule has 0 spiro atoms. The van der Waals surface area contributed by atoms with E-state index in [2.05, 4.69) is 0 Å². The fourth-order valence-electron chi connectivity index (χ4n) is 1.39. The average Bonchev–Trinajstić information content (AvgIpc) is 2.31. The minimum Gasteiger partial charge on any atom is -0.378 e. The number of rotatable bonds is 5. The molecule has 0 saturated heterocycles. The van der Waals surface area contributed by atoms with Crippen LogP contribution in [0.5, 0.6) is 0 Å². The van der Waals surface area contributed by atoms with E-state index in [0.29, 0.717) is 12.3 Å². The first kappa shape index (κ1) is 14.9. The van der Waals surface area contributed by atoms with Crippen molar-refractivity contribution in [3.8, 4) is 0 Å². The molecular formula is C13H17ClFNO2. The highest BCUT2D eigenvalue weighted by molar-refractivity contribution is 6.31. The van der Waals surface area contributed by atoms with Crippen LogP contribution in [0.15, 0.2) is 18.2 Å². The molecule has 1 amide bonds. The number of ether oxygens (including phenoxy) is 1.